The van der Waals surface area contributed by atoms with Crippen molar-refractivity contribution in [2.75, 3.05) is 18.2 Å². The van der Waals surface area contributed by atoms with E-state index in [0.717, 1.165) is 0 Å². The number of benzene rings is 2. The highest BCUT2D eigenvalue weighted by Gasteiger charge is 2.17. The molecule has 3 rings (SSSR count). The van der Waals surface area contributed by atoms with E-state index in [1.54, 1.807) is 36.9 Å². The summed E-state index contributed by atoms with van der Waals surface area (Å²) in [6.07, 6.45) is 0. The molecule has 152 valence electrons. The van der Waals surface area contributed by atoms with Crippen LogP contribution in [0.1, 0.15) is 0 Å². The predicted molar refractivity (Wildman–Crippen MR) is 119 cm³/mol. The summed E-state index contributed by atoms with van der Waals surface area (Å²) < 4.78 is 7.13. The van der Waals surface area contributed by atoms with Crippen LogP contribution in [0.5, 0.6) is 5.75 Å². The molecular weight excluding hydrogens is 478 g/mol. The van der Waals surface area contributed by atoms with Gasteiger partial charge in [-0.15, -0.1) is 10.2 Å². The van der Waals surface area contributed by atoms with E-state index in [0.29, 0.717) is 48.1 Å². The zero-order valence-corrected chi connectivity index (χ0v) is 19.0. The van der Waals surface area contributed by atoms with Gasteiger partial charge in [-0.25, -0.2) is 0 Å². The van der Waals surface area contributed by atoms with Gasteiger partial charge in [0.15, 0.2) is 11.0 Å². The number of anilines is 1. The molecule has 0 spiro atoms. The molecule has 0 radical (unpaired) electrons. The van der Waals surface area contributed by atoms with Gasteiger partial charge in [0, 0.05) is 12.1 Å². The van der Waals surface area contributed by atoms with Crippen molar-refractivity contribution in [2.45, 2.75) is 5.16 Å². The highest BCUT2D eigenvalue weighted by atomic mass is 35.5. The molecule has 0 saturated carbocycles. The molecule has 1 heterocycles. The average molecular weight is 492 g/mol. The van der Waals surface area contributed by atoms with Crippen LogP contribution in [0, 0.1) is 0 Å². The lowest BCUT2D eigenvalue weighted by atomic mass is 10.2. The number of rotatable bonds is 6. The highest BCUT2D eigenvalue weighted by Crippen LogP contribution is 2.34. The van der Waals surface area contributed by atoms with E-state index in [9.17, 15) is 4.79 Å². The number of hydrogen-bond donors (Lipinski definition) is 1. The molecule has 0 bridgehead atoms. The molecule has 0 saturated heterocycles. The lowest BCUT2D eigenvalue weighted by molar-refractivity contribution is -0.113. The first-order valence-corrected chi connectivity index (χ1v) is 10.6. The summed E-state index contributed by atoms with van der Waals surface area (Å²) in [5.74, 6) is 1.00. The van der Waals surface area contributed by atoms with E-state index in [4.69, 9.17) is 51.1 Å². The molecule has 0 unspecified atom stereocenters. The number of hydrogen-bond acceptors (Lipinski definition) is 5. The summed E-state index contributed by atoms with van der Waals surface area (Å²) in [4.78, 5) is 12.3. The number of ether oxygens (including phenoxy) is 1. The smallest absolute Gasteiger partial charge is 0.234 e. The largest absolute Gasteiger partial charge is 0.496 e. The van der Waals surface area contributed by atoms with Gasteiger partial charge in [0.05, 0.1) is 39.2 Å². The van der Waals surface area contributed by atoms with Crippen LogP contribution >= 0.6 is 58.2 Å². The predicted octanol–water partition coefficient (Wildman–Crippen LogP) is 5.84. The second kappa shape index (κ2) is 9.45. The first-order valence-electron chi connectivity index (χ1n) is 8.10. The number of carbonyl (C=O) groups excluding carboxylic acids is 1. The van der Waals surface area contributed by atoms with Gasteiger partial charge in [-0.1, -0.05) is 58.2 Å². The Bertz CT molecular complexity index is 1070. The molecule has 0 aliphatic heterocycles. The van der Waals surface area contributed by atoms with Crippen molar-refractivity contribution in [1.82, 2.24) is 14.8 Å². The highest BCUT2D eigenvalue weighted by molar-refractivity contribution is 7.99. The topological polar surface area (TPSA) is 69.0 Å². The minimum atomic E-state index is -0.278. The van der Waals surface area contributed by atoms with Gasteiger partial charge in [-0.3, -0.25) is 4.79 Å². The summed E-state index contributed by atoms with van der Waals surface area (Å²) in [5, 5.41) is 13.1. The first-order chi connectivity index (χ1) is 13.8. The van der Waals surface area contributed by atoms with E-state index in [1.165, 1.54) is 23.9 Å². The molecule has 1 aromatic heterocycles. The lowest BCUT2D eigenvalue weighted by Crippen LogP contribution is -2.14. The number of thioether (sulfide) groups is 1. The SMILES string of the molecule is COc1ccc(Cl)cc1-c1nnc(SCC(=O)Nc2cc(Cl)c(Cl)cc2Cl)n1C. The molecule has 3 aromatic rings. The Balaban J connectivity index is 1.72. The summed E-state index contributed by atoms with van der Waals surface area (Å²) in [5.41, 5.74) is 1.09. The third-order valence-corrected chi connectivity index (χ3v) is 6.14. The first kappa shape index (κ1) is 22.1. The summed E-state index contributed by atoms with van der Waals surface area (Å²) in [6, 6.07) is 8.21. The number of methoxy groups -OCH3 is 1. The maximum atomic E-state index is 12.3. The Hall–Kier alpha value is -1.64. The van der Waals surface area contributed by atoms with Gasteiger partial charge < -0.3 is 14.6 Å². The van der Waals surface area contributed by atoms with Crippen LogP contribution in [0.2, 0.25) is 20.1 Å². The molecule has 0 atom stereocenters. The normalized spacial score (nSPS) is 10.8. The number of amides is 1. The van der Waals surface area contributed by atoms with Crippen molar-refractivity contribution >= 4 is 69.8 Å². The minimum Gasteiger partial charge on any atom is -0.496 e. The lowest BCUT2D eigenvalue weighted by Gasteiger charge is -2.10. The summed E-state index contributed by atoms with van der Waals surface area (Å²) >= 11 is 25.3. The van der Waals surface area contributed by atoms with E-state index in [1.807, 2.05) is 0 Å². The van der Waals surface area contributed by atoms with Crippen LogP contribution in [-0.4, -0.2) is 33.5 Å². The molecule has 29 heavy (non-hydrogen) atoms. The van der Waals surface area contributed by atoms with Gasteiger partial charge in [-0.05, 0) is 30.3 Å². The third-order valence-electron chi connectivity index (χ3n) is 3.85. The van der Waals surface area contributed by atoms with Crippen molar-refractivity contribution in [2.24, 2.45) is 7.05 Å². The molecule has 0 fully saturated rings. The van der Waals surface area contributed by atoms with Crippen molar-refractivity contribution in [3.63, 3.8) is 0 Å². The van der Waals surface area contributed by atoms with E-state index >= 15 is 0 Å². The Morgan fingerprint density at radius 2 is 1.83 bits per heavy atom. The summed E-state index contributed by atoms with van der Waals surface area (Å²) in [7, 11) is 3.36. The van der Waals surface area contributed by atoms with Crippen molar-refractivity contribution < 1.29 is 9.53 Å². The summed E-state index contributed by atoms with van der Waals surface area (Å²) in [6.45, 7) is 0. The fourth-order valence-corrected chi connectivity index (χ4v) is 3.94. The van der Waals surface area contributed by atoms with Crippen molar-refractivity contribution in [3.05, 3.63) is 50.4 Å². The molecule has 1 N–H and O–H groups in total. The molecule has 1 amide bonds. The van der Waals surface area contributed by atoms with Crippen molar-refractivity contribution in [3.8, 4) is 17.1 Å². The Kier molecular flexibility index (Phi) is 7.19. The van der Waals surface area contributed by atoms with Gasteiger partial charge in [0.1, 0.15) is 5.75 Å². The number of nitrogens with zero attached hydrogens (tertiary/aromatic N) is 3. The van der Waals surface area contributed by atoms with Crippen LogP contribution in [0.3, 0.4) is 0 Å². The Morgan fingerprint density at radius 3 is 2.55 bits per heavy atom. The maximum absolute atomic E-state index is 12.3. The number of halogens is 4. The van der Waals surface area contributed by atoms with E-state index in [-0.39, 0.29) is 11.7 Å². The van der Waals surface area contributed by atoms with Gasteiger partial charge in [0.25, 0.3) is 0 Å². The molecule has 6 nitrogen and oxygen atoms in total. The van der Waals surface area contributed by atoms with Gasteiger partial charge in [0.2, 0.25) is 5.91 Å². The molecule has 0 aliphatic carbocycles. The van der Waals surface area contributed by atoms with Crippen LogP contribution in [0.15, 0.2) is 35.5 Å². The quantitative estimate of drug-likeness (QED) is 0.346. The van der Waals surface area contributed by atoms with E-state index < -0.39 is 0 Å². The minimum absolute atomic E-state index is 0.0925. The Labute approximate surface area is 191 Å². The number of nitrogens with one attached hydrogen (secondary N) is 1. The number of aromatic nitrogens is 3. The van der Waals surface area contributed by atoms with Crippen LogP contribution < -0.4 is 10.1 Å². The van der Waals surface area contributed by atoms with Crippen LogP contribution in [0.4, 0.5) is 5.69 Å². The zero-order chi connectivity index (χ0) is 21.1. The van der Waals surface area contributed by atoms with Crippen LogP contribution in [-0.2, 0) is 11.8 Å². The average Bonchev–Trinajstić information content (AvgIpc) is 3.04. The second-order valence-corrected chi connectivity index (χ2v) is 8.39. The van der Waals surface area contributed by atoms with Gasteiger partial charge >= 0.3 is 0 Å². The molecule has 11 heteroatoms. The third kappa shape index (κ3) is 5.10. The standard InChI is InChI=1S/C18H14Cl4N4O2S/c1-26-17(10-5-9(19)3-4-15(10)28-2)24-25-18(26)29-8-16(27)23-14-7-12(21)11(20)6-13(14)22/h3-7H,8H2,1-2H3,(H,23,27). The van der Waals surface area contributed by atoms with Crippen molar-refractivity contribution in [1.29, 1.82) is 0 Å². The monoisotopic (exact) mass is 490 g/mol. The molecule has 0 aliphatic rings. The number of carbonyl (C=O) groups is 1. The molecular formula is C18H14Cl4N4O2S. The zero-order valence-electron chi connectivity index (χ0n) is 15.2. The fourth-order valence-electron chi connectivity index (χ4n) is 2.46. The van der Waals surface area contributed by atoms with Crippen LogP contribution in [0.25, 0.3) is 11.4 Å². The second-order valence-electron chi connectivity index (χ2n) is 5.79. The maximum Gasteiger partial charge on any atom is 0.234 e. The van der Waals surface area contributed by atoms with E-state index in [2.05, 4.69) is 15.5 Å². The Morgan fingerprint density at radius 1 is 1.10 bits per heavy atom. The molecule has 2 aromatic carbocycles. The fraction of sp³-hybridized carbons (Fsp3) is 0.167. The van der Waals surface area contributed by atoms with Gasteiger partial charge in [-0.2, -0.15) is 0 Å².